The quantitative estimate of drug-likeness (QED) is 0.656. The maximum atomic E-state index is 11.9. The molecule has 1 aromatic heterocycles. The molecule has 1 heterocycles. The molecule has 0 bridgehead atoms. The molecule has 0 atom stereocenters. The molecule has 94 valence electrons. The zero-order valence-electron chi connectivity index (χ0n) is 9.71. The Hall–Kier alpha value is -1.88. The van der Waals surface area contributed by atoms with Crippen LogP contribution in [0, 0.1) is 6.92 Å². The topological polar surface area (TPSA) is 70.7 Å². The van der Waals surface area contributed by atoms with Gasteiger partial charge in [-0.2, -0.15) is 0 Å². The van der Waals surface area contributed by atoms with Crippen molar-refractivity contribution in [2.24, 2.45) is 0 Å². The van der Waals surface area contributed by atoms with Crippen molar-refractivity contribution >= 4 is 17.5 Å². The largest absolute Gasteiger partial charge is 0.508 e. The monoisotopic (exact) mass is 264 g/mol. The van der Waals surface area contributed by atoms with Crippen LogP contribution in [-0.4, -0.2) is 21.7 Å². The van der Waals surface area contributed by atoms with Crippen LogP contribution >= 0.6 is 11.8 Å². The van der Waals surface area contributed by atoms with E-state index in [4.69, 9.17) is 9.52 Å². The SMILES string of the molecule is Cc1occc1SCC(=O)c1ccc(O)cc1O. The lowest BCUT2D eigenvalue weighted by atomic mass is 10.1. The number of phenols is 2. The summed E-state index contributed by atoms with van der Waals surface area (Å²) in [5.41, 5.74) is 0.210. The first-order chi connectivity index (χ1) is 8.58. The van der Waals surface area contributed by atoms with Crippen molar-refractivity contribution in [3.63, 3.8) is 0 Å². The smallest absolute Gasteiger partial charge is 0.176 e. The van der Waals surface area contributed by atoms with E-state index in [-0.39, 0.29) is 28.6 Å². The fourth-order valence-electron chi connectivity index (χ4n) is 1.50. The van der Waals surface area contributed by atoms with Crippen LogP contribution in [0.3, 0.4) is 0 Å². The van der Waals surface area contributed by atoms with Crippen molar-refractivity contribution in [3.8, 4) is 11.5 Å². The average molecular weight is 264 g/mol. The molecule has 0 unspecified atom stereocenters. The zero-order chi connectivity index (χ0) is 13.1. The van der Waals surface area contributed by atoms with Crippen LogP contribution < -0.4 is 0 Å². The molecule has 0 amide bonds. The van der Waals surface area contributed by atoms with E-state index >= 15 is 0 Å². The molecular weight excluding hydrogens is 252 g/mol. The van der Waals surface area contributed by atoms with Gasteiger partial charge in [0.05, 0.1) is 17.6 Å². The van der Waals surface area contributed by atoms with Gasteiger partial charge in [-0.05, 0) is 25.1 Å². The Kier molecular flexibility index (Phi) is 3.62. The number of thioether (sulfide) groups is 1. The molecule has 0 fully saturated rings. The number of benzene rings is 1. The van der Waals surface area contributed by atoms with Crippen molar-refractivity contribution in [2.45, 2.75) is 11.8 Å². The molecule has 0 saturated carbocycles. The standard InChI is InChI=1S/C13H12O4S/c1-8-13(4-5-17-8)18-7-12(16)10-3-2-9(14)6-11(10)15/h2-6,14-15H,7H2,1H3. The minimum Gasteiger partial charge on any atom is -0.508 e. The van der Waals surface area contributed by atoms with Gasteiger partial charge in [0.25, 0.3) is 0 Å². The predicted molar refractivity (Wildman–Crippen MR) is 68.3 cm³/mol. The zero-order valence-corrected chi connectivity index (χ0v) is 10.5. The lowest BCUT2D eigenvalue weighted by Gasteiger charge is -2.04. The van der Waals surface area contributed by atoms with Gasteiger partial charge in [-0.1, -0.05) is 0 Å². The number of furan rings is 1. The number of Topliss-reactive ketones (excluding diaryl/α,β-unsaturated/α-hetero) is 1. The van der Waals surface area contributed by atoms with Crippen LogP contribution in [0.5, 0.6) is 11.5 Å². The number of rotatable bonds is 4. The first-order valence-corrected chi connectivity index (χ1v) is 6.28. The van der Waals surface area contributed by atoms with E-state index in [9.17, 15) is 9.90 Å². The molecule has 0 radical (unpaired) electrons. The molecule has 4 nitrogen and oxygen atoms in total. The highest BCUT2D eigenvalue weighted by Gasteiger charge is 2.13. The van der Waals surface area contributed by atoms with Crippen molar-refractivity contribution in [3.05, 3.63) is 41.9 Å². The molecule has 2 aromatic rings. The maximum absolute atomic E-state index is 11.9. The fourth-order valence-corrected chi connectivity index (χ4v) is 2.35. The summed E-state index contributed by atoms with van der Waals surface area (Å²) < 4.78 is 5.13. The van der Waals surface area contributed by atoms with E-state index in [0.717, 1.165) is 16.7 Å². The minimum atomic E-state index is -0.204. The summed E-state index contributed by atoms with van der Waals surface area (Å²) in [7, 11) is 0. The average Bonchev–Trinajstić information content (AvgIpc) is 2.72. The molecule has 0 aliphatic carbocycles. The van der Waals surface area contributed by atoms with Gasteiger partial charge >= 0.3 is 0 Å². The molecule has 18 heavy (non-hydrogen) atoms. The maximum Gasteiger partial charge on any atom is 0.176 e. The van der Waals surface area contributed by atoms with Crippen LogP contribution in [0.15, 0.2) is 39.8 Å². The molecular formula is C13H12O4S. The summed E-state index contributed by atoms with van der Waals surface area (Å²) in [6.45, 7) is 1.82. The van der Waals surface area contributed by atoms with E-state index in [2.05, 4.69) is 0 Å². The molecule has 0 spiro atoms. The predicted octanol–water partition coefficient (Wildman–Crippen LogP) is 2.97. The summed E-state index contributed by atoms with van der Waals surface area (Å²) in [6, 6.07) is 5.74. The van der Waals surface area contributed by atoms with Crippen LogP contribution in [0.2, 0.25) is 0 Å². The van der Waals surface area contributed by atoms with Crippen molar-refractivity contribution in [1.82, 2.24) is 0 Å². The summed E-state index contributed by atoms with van der Waals surface area (Å²) in [4.78, 5) is 12.8. The summed E-state index contributed by atoms with van der Waals surface area (Å²) >= 11 is 1.35. The molecule has 1 aromatic carbocycles. The number of carbonyl (C=O) groups is 1. The Balaban J connectivity index is 2.06. The lowest BCUT2D eigenvalue weighted by Crippen LogP contribution is -2.02. The molecule has 5 heteroatoms. The van der Waals surface area contributed by atoms with Crippen LogP contribution in [-0.2, 0) is 0 Å². The highest BCUT2D eigenvalue weighted by molar-refractivity contribution is 8.00. The number of hydrogen-bond acceptors (Lipinski definition) is 5. The second-order valence-electron chi connectivity index (χ2n) is 3.75. The van der Waals surface area contributed by atoms with Crippen molar-refractivity contribution < 1.29 is 19.4 Å². The van der Waals surface area contributed by atoms with Gasteiger partial charge in [-0.3, -0.25) is 4.79 Å². The number of hydrogen-bond donors (Lipinski definition) is 2. The van der Waals surface area contributed by atoms with Crippen LogP contribution in [0.4, 0.5) is 0 Å². The second-order valence-corrected chi connectivity index (χ2v) is 4.77. The van der Waals surface area contributed by atoms with Gasteiger partial charge < -0.3 is 14.6 Å². The third-order valence-corrected chi connectivity index (χ3v) is 3.59. The van der Waals surface area contributed by atoms with E-state index in [1.807, 2.05) is 6.92 Å². The molecule has 0 aliphatic heterocycles. The molecule has 2 N–H and O–H groups in total. The van der Waals surface area contributed by atoms with Gasteiger partial charge in [0.2, 0.25) is 0 Å². The van der Waals surface area contributed by atoms with E-state index in [1.165, 1.54) is 23.9 Å². The number of phenolic OH excluding ortho intramolecular Hbond substituents is 2. The van der Waals surface area contributed by atoms with Gasteiger partial charge in [0.1, 0.15) is 17.3 Å². The van der Waals surface area contributed by atoms with E-state index < -0.39 is 0 Å². The fraction of sp³-hybridized carbons (Fsp3) is 0.154. The van der Waals surface area contributed by atoms with Gasteiger partial charge in [0.15, 0.2) is 5.78 Å². The third kappa shape index (κ3) is 2.68. The second kappa shape index (κ2) is 5.18. The van der Waals surface area contributed by atoms with Gasteiger partial charge in [0, 0.05) is 11.0 Å². The number of aryl methyl sites for hydroxylation is 1. The Morgan fingerprint density at radius 1 is 1.33 bits per heavy atom. The molecule has 0 aliphatic rings. The normalized spacial score (nSPS) is 10.5. The Morgan fingerprint density at radius 3 is 2.72 bits per heavy atom. The first kappa shape index (κ1) is 12.6. The van der Waals surface area contributed by atoms with Crippen LogP contribution in [0.25, 0.3) is 0 Å². The minimum absolute atomic E-state index is 0.0672. The van der Waals surface area contributed by atoms with Crippen molar-refractivity contribution in [1.29, 1.82) is 0 Å². The van der Waals surface area contributed by atoms with Crippen LogP contribution in [0.1, 0.15) is 16.1 Å². The van der Waals surface area contributed by atoms with Gasteiger partial charge in [-0.15, -0.1) is 11.8 Å². The highest BCUT2D eigenvalue weighted by atomic mass is 32.2. The number of carbonyl (C=O) groups excluding carboxylic acids is 1. The Labute approximate surface area is 108 Å². The van der Waals surface area contributed by atoms with Crippen molar-refractivity contribution in [2.75, 3.05) is 5.75 Å². The molecule has 0 saturated heterocycles. The third-order valence-electron chi connectivity index (χ3n) is 2.45. The number of ketones is 1. The highest BCUT2D eigenvalue weighted by Crippen LogP contribution is 2.27. The summed E-state index contributed by atoms with van der Waals surface area (Å²) in [5.74, 6) is 0.506. The first-order valence-electron chi connectivity index (χ1n) is 5.30. The van der Waals surface area contributed by atoms with Gasteiger partial charge in [-0.25, -0.2) is 0 Å². The number of aromatic hydroxyl groups is 2. The molecule has 2 rings (SSSR count). The Bertz CT molecular complexity index is 574. The van der Waals surface area contributed by atoms with E-state index in [1.54, 1.807) is 12.3 Å². The van der Waals surface area contributed by atoms with E-state index in [0.29, 0.717) is 0 Å². The Morgan fingerprint density at radius 2 is 2.11 bits per heavy atom. The summed E-state index contributed by atoms with van der Waals surface area (Å²) in [5, 5.41) is 18.7. The lowest BCUT2D eigenvalue weighted by molar-refractivity contribution is 0.102. The summed E-state index contributed by atoms with van der Waals surface area (Å²) in [6.07, 6.45) is 1.57.